The first-order valence-corrected chi connectivity index (χ1v) is 6.47. The van der Waals surface area contributed by atoms with Gasteiger partial charge < -0.3 is 10.2 Å². The van der Waals surface area contributed by atoms with Crippen molar-refractivity contribution in [2.75, 3.05) is 13.1 Å². The molecule has 5 heteroatoms. The van der Waals surface area contributed by atoms with Crippen LogP contribution in [-0.2, 0) is 7.05 Å². The first kappa shape index (κ1) is 13.1. The molecule has 1 amide bonds. The molecule has 18 heavy (non-hydrogen) atoms. The Morgan fingerprint density at radius 1 is 1.28 bits per heavy atom. The fourth-order valence-electron chi connectivity index (χ4n) is 2.74. The summed E-state index contributed by atoms with van der Waals surface area (Å²) in [6.07, 6.45) is 0. The smallest absolute Gasteiger partial charge is 0.258 e. The quantitative estimate of drug-likeness (QED) is 0.804. The molecule has 0 saturated carbocycles. The molecule has 0 aromatic carbocycles. The van der Waals surface area contributed by atoms with E-state index in [1.54, 1.807) is 4.68 Å². The summed E-state index contributed by atoms with van der Waals surface area (Å²) in [6, 6.07) is 0.445. The number of aromatic nitrogens is 2. The standard InChI is InChI=1S/C13H22N4O/c1-8-6-14-7-9(2)17(8)13(18)12-10(3)15-16(5)11(12)4/h8-9,14H,6-7H2,1-5H3. The van der Waals surface area contributed by atoms with Gasteiger partial charge in [0.25, 0.3) is 5.91 Å². The molecule has 1 aliphatic heterocycles. The molecule has 1 aromatic heterocycles. The molecule has 0 aliphatic carbocycles. The number of nitrogens with zero attached hydrogens (tertiary/aromatic N) is 3. The molecule has 100 valence electrons. The zero-order chi connectivity index (χ0) is 13.4. The Balaban J connectivity index is 2.35. The maximum absolute atomic E-state index is 12.7. The SMILES string of the molecule is Cc1nn(C)c(C)c1C(=O)N1C(C)CNCC1C. The van der Waals surface area contributed by atoms with Crippen LogP contribution in [0.25, 0.3) is 0 Å². The Morgan fingerprint density at radius 3 is 2.28 bits per heavy atom. The highest BCUT2D eigenvalue weighted by molar-refractivity contribution is 5.96. The van der Waals surface area contributed by atoms with E-state index in [1.807, 2.05) is 25.8 Å². The summed E-state index contributed by atoms with van der Waals surface area (Å²) in [7, 11) is 1.88. The Kier molecular flexibility index (Phi) is 3.43. The van der Waals surface area contributed by atoms with Gasteiger partial charge in [0.15, 0.2) is 0 Å². The van der Waals surface area contributed by atoms with Crippen molar-refractivity contribution in [3.8, 4) is 0 Å². The number of carbonyl (C=O) groups is 1. The fourth-order valence-corrected chi connectivity index (χ4v) is 2.74. The molecule has 1 N–H and O–H groups in total. The average Bonchev–Trinajstić information content (AvgIpc) is 2.52. The van der Waals surface area contributed by atoms with Crippen LogP contribution in [0.5, 0.6) is 0 Å². The number of amides is 1. The minimum Gasteiger partial charge on any atom is -0.331 e. The predicted octanol–water partition coefficient (Wildman–Crippen LogP) is 0.859. The highest BCUT2D eigenvalue weighted by Crippen LogP contribution is 2.19. The van der Waals surface area contributed by atoms with Crippen LogP contribution in [0, 0.1) is 13.8 Å². The number of hydrogen-bond acceptors (Lipinski definition) is 3. The van der Waals surface area contributed by atoms with Crippen molar-refractivity contribution < 1.29 is 4.79 Å². The van der Waals surface area contributed by atoms with Gasteiger partial charge in [0.05, 0.1) is 11.3 Å². The lowest BCUT2D eigenvalue weighted by Crippen LogP contribution is -2.57. The summed E-state index contributed by atoms with van der Waals surface area (Å²) in [5, 5.41) is 7.67. The number of nitrogens with one attached hydrogen (secondary N) is 1. The van der Waals surface area contributed by atoms with E-state index in [2.05, 4.69) is 24.3 Å². The van der Waals surface area contributed by atoms with Gasteiger partial charge in [-0.2, -0.15) is 5.10 Å². The van der Waals surface area contributed by atoms with Gasteiger partial charge in [-0.25, -0.2) is 0 Å². The van der Waals surface area contributed by atoms with Gasteiger partial charge in [-0.1, -0.05) is 0 Å². The molecule has 0 spiro atoms. The van der Waals surface area contributed by atoms with Gasteiger partial charge >= 0.3 is 0 Å². The van der Waals surface area contributed by atoms with Gasteiger partial charge in [-0.05, 0) is 27.7 Å². The molecule has 2 heterocycles. The third kappa shape index (κ3) is 2.03. The molecule has 1 aliphatic rings. The molecular weight excluding hydrogens is 228 g/mol. The number of hydrogen-bond donors (Lipinski definition) is 1. The van der Waals surface area contributed by atoms with Crippen molar-refractivity contribution in [2.24, 2.45) is 7.05 Å². The van der Waals surface area contributed by atoms with Gasteiger partial charge in [0.2, 0.25) is 0 Å². The molecule has 1 aromatic rings. The van der Waals surface area contributed by atoms with Crippen molar-refractivity contribution in [2.45, 2.75) is 39.8 Å². The third-order valence-electron chi connectivity index (χ3n) is 3.79. The maximum Gasteiger partial charge on any atom is 0.258 e. The number of aryl methyl sites for hydroxylation is 2. The summed E-state index contributed by atoms with van der Waals surface area (Å²) >= 11 is 0. The lowest BCUT2D eigenvalue weighted by molar-refractivity contribution is 0.0543. The lowest BCUT2D eigenvalue weighted by Gasteiger charge is -2.39. The van der Waals surface area contributed by atoms with Crippen LogP contribution in [0.1, 0.15) is 35.6 Å². The van der Waals surface area contributed by atoms with E-state index in [-0.39, 0.29) is 18.0 Å². The van der Waals surface area contributed by atoms with Crippen molar-refractivity contribution >= 4 is 5.91 Å². The molecule has 5 nitrogen and oxygen atoms in total. The van der Waals surface area contributed by atoms with Crippen molar-refractivity contribution in [3.05, 3.63) is 17.0 Å². The highest BCUT2D eigenvalue weighted by Gasteiger charge is 2.32. The van der Waals surface area contributed by atoms with E-state index in [9.17, 15) is 4.79 Å². The molecule has 2 unspecified atom stereocenters. The molecule has 2 atom stereocenters. The summed E-state index contributed by atoms with van der Waals surface area (Å²) < 4.78 is 1.78. The lowest BCUT2D eigenvalue weighted by atomic mass is 10.1. The van der Waals surface area contributed by atoms with Crippen LogP contribution < -0.4 is 5.32 Å². The molecule has 1 saturated heterocycles. The maximum atomic E-state index is 12.7. The van der Waals surface area contributed by atoms with Gasteiger partial charge in [0.1, 0.15) is 0 Å². The fraction of sp³-hybridized carbons (Fsp3) is 0.692. The second-order valence-corrected chi connectivity index (χ2v) is 5.24. The molecule has 0 radical (unpaired) electrons. The predicted molar refractivity (Wildman–Crippen MR) is 70.6 cm³/mol. The summed E-state index contributed by atoms with van der Waals surface area (Å²) in [5.41, 5.74) is 2.52. The largest absolute Gasteiger partial charge is 0.331 e. The first-order chi connectivity index (χ1) is 8.43. The van der Waals surface area contributed by atoms with Crippen LogP contribution in [0.3, 0.4) is 0 Å². The number of piperazine rings is 1. The van der Waals surface area contributed by atoms with Gasteiger partial charge in [-0.15, -0.1) is 0 Å². The average molecular weight is 250 g/mol. The van der Waals surface area contributed by atoms with Crippen LogP contribution >= 0.6 is 0 Å². The first-order valence-electron chi connectivity index (χ1n) is 6.47. The molecule has 1 fully saturated rings. The summed E-state index contributed by atoms with van der Waals surface area (Å²) in [6.45, 7) is 9.73. The van der Waals surface area contributed by atoms with Crippen molar-refractivity contribution in [1.29, 1.82) is 0 Å². The van der Waals surface area contributed by atoms with E-state index in [0.29, 0.717) is 0 Å². The number of carbonyl (C=O) groups excluding carboxylic acids is 1. The Hall–Kier alpha value is -1.36. The summed E-state index contributed by atoms with van der Waals surface area (Å²) in [5.74, 6) is 0.111. The van der Waals surface area contributed by atoms with E-state index in [0.717, 1.165) is 30.0 Å². The van der Waals surface area contributed by atoms with E-state index >= 15 is 0 Å². The van der Waals surface area contributed by atoms with E-state index in [1.165, 1.54) is 0 Å². The van der Waals surface area contributed by atoms with Crippen molar-refractivity contribution in [3.63, 3.8) is 0 Å². The molecular formula is C13H22N4O. The Bertz CT molecular complexity index is 456. The van der Waals surface area contributed by atoms with E-state index in [4.69, 9.17) is 0 Å². The third-order valence-corrected chi connectivity index (χ3v) is 3.79. The minimum atomic E-state index is 0.111. The molecule has 0 bridgehead atoms. The Labute approximate surface area is 108 Å². The second-order valence-electron chi connectivity index (χ2n) is 5.24. The van der Waals surface area contributed by atoms with Crippen LogP contribution in [0.15, 0.2) is 0 Å². The monoisotopic (exact) mass is 250 g/mol. The van der Waals surface area contributed by atoms with Gasteiger partial charge in [-0.3, -0.25) is 9.48 Å². The van der Waals surface area contributed by atoms with Crippen molar-refractivity contribution in [1.82, 2.24) is 20.0 Å². The number of rotatable bonds is 1. The van der Waals surface area contributed by atoms with Crippen LogP contribution in [0.2, 0.25) is 0 Å². The second kappa shape index (κ2) is 4.72. The molecule has 2 rings (SSSR count). The van der Waals surface area contributed by atoms with Crippen LogP contribution in [0.4, 0.5) is 0 Å². The Morgan fingerprint density at radius 2 is 1.83 bits per heavy atom. The van der Waals surface area contributed by atoms with E-state index < -0.39 is 0 Å². The van der Waals surface area contributed by atoms with Crippen LogP contribution in [-0.4, -0.2) is 45.8 Å². The zero-order valence-corrected chi connectivity index (χ0v) is 11.8. The highest BCUT2D eigenvalue weighted by atomic mass is 16.2. The normalized spacial score (nSPS) is 24.4. The zero-order valence-electron chi connectivity index (χ0n) is 11.8. The minimum absolute atomic E-state index is 0.111. The van der Waals surface area contributed by atoms with Gasteiger partial charge in [0, 0.05) is 37.9 Å². The summed E-state index contributed by atoms with van der Waals surface area (Å²) in [4.78, 5) is 14.7. The topological polar surface area (TPSA) is 50.2 Å².